The molecule has 1 N–H and O–H groups in total. The molecule has 0 heterocycles. The van der Waals surface area contributed by atoms with Gasteiger partial charge in [-0.15, -0.1) is 0 Å². The summed E-state index contributed by atoms with van der Waals surface area (Å²) in [7, 11) is 0. The van der Waals surface area contributed by atoms with Gasteiger partial charge in [0.05, 0.1) is 0 Å². The Morgan fingerprint density at radius 1 is 0.652 bits per heavy atom. The number of aliphatic carboxylic acids is 1. The zero-order valence-corrected chi connectivity index (χ0v) is 15.5. The van der Waals surface area contributed by atoms with Crippen molar-refractivity contribution in [2.45, 2.75) is 116 Å². The van der Waals surface area contributed by atoms with E-state index >= 15 is 0 Å². The van der Waals surface area contributed by atoms with Crippen LogP contribution < -0.4 is 0 Å². The molecule has 0 bridgehead atoms. The minimum Gasteiger partial charge on any atom is -0.478 e. The maximum absolute atomic E-state index is 10.3. The van der Waals surface area contributed by atoms with Crippen LogP contribution in [0.1, 0.15) is 116 Å². The van der Waals surface area contributed by atoms with Gasteiger partial charge in [-0.2, -0.15) is 0 Å². The Kier molecular flexibility index (Phi) is 18.6. The van der Waals surface area contributed by atoms with Crippen molar-refractivity contribution in [3.05, 3.63) is 12.2 Å². The highest BCUT2D eigenvalue weighted by molar-refractivity contribution is 5.79. The average Bonchev–Trinajstić information content (AvgIpc) is 2.53. The number of hydrogen-bond donors (Lipinski definition) is 1. The van der Waals surface area contributed by atoms with Crippen LogP contribution in [0.25, 0.3) is 0 Å². The van der Waals surface area contributed by atoms with Crippen molar-refractivity contribution < 1.29 is 9.90 Å². The van der Waals surface area contributed by atoms with Gasteiger partial charge >= 0.3 is 5.97 Å². The normalized spacial score (nSPS) is 11.3. The summed E-state index contributed by atoms with van der Waals surface area (Å²) in [6.45, 7) is 2.28. The third-order valence-electron chi connectivity index (χ3n) is 4.48. The molecule has 0 saturated heterocycles. The van der Waals surface area contributed by atoms with Crippen LogP contribution in [0, 0.1) is 0 Å². The molecule has 0 aliphatic rings. The summed E-state index contributed by atoms with van der Waals surface area (Å²) >= 11 is 0. The minimum absolute atomic E-state index is 0.832. The molecule has 2 heteroatoms. The number of carboxylic acids is 1. The first kappa shape index (κ1) is 22.2. The smallest absolute Gasteiger partial charge is 0.327 e. The van der Waals surface area contributed by atoms with Crippen LogP contribution in [-0.2, 0) is 4.79 Å². The van der Waals surface area contributed by atoms with Crippen LogP contribution in [-0.4, -0.2) is 11.1 Å². The Balaban J connectivity index is 3.01. The third-order valence-corrected chi connectivity index (χ3v) is 4.48. The molecule has 0 fully saturated rings. The first-order chi connectivity index (χ1) is 11.3. The van der Waals surface area contributed by atoms with Gasteiger partial charge in [0, 0.05) is 6.08 Å². The lowest BCUT2D eigenvalue weighted by Gasteiger charge is -2.03. The quantitative estimate of drug-likeness (QED) is 0.212. The molecule has 0 aromatic heterocycles. The highest BCUT2D eigenvalue weighted by atomic mass is 16.4. The van der Waals surface area contributed by atoms with Crippen molar-refractivity contribution in [3.63, 3.8) is 0 Å². The average molecular weight is 325 g/mol. The predicted octanol–water partition coefficient (Wildman–Crippen LogP) is 7.28. The molecule has 0 aliphatic heterocycles. The van der Waals surface area contributed by atoms with Crippen LogP contribution in [0.3, 0.4) is 0 Å². The Bertz CT molecular complexity index is 271. The van der Waals surface area contributed by atoms with Crippen molar-refractivity contribution in [1.82, 2.24) is 0 Å². The summed E-state index contributed by atoms with van der Waals surface area (Å²) in [5.41, 5.74) is 0. The van der Waals surface area contributed by atoms with Gasteiger partial charge in [0.1, 0.15) is 0 Å². The maximum Gasteiger partial charge on any atom is 0.327 e. The zero-order chi connectivity index (χ0) is 17.0. The van der Waals surface area contributed by atoms with E-state index in [1.165, 1.54) is 102 Å². The van der Waals surface area contributed by atoms with Gasteiger partial charge in [-0.3, -0.25) is 0 Å². The van der Waals surface area contributed by atoms with Crippen molar-refractivity contribution >= 4 is 5.97 Å². The third kappa shape index (κ3) is 21.2. The van der Waals surface area contributed by atoms with Gasteiger partial charge < -0.3 is 5.11 Å². The molecule has 0 amide bonds. The fraction of sp³-hybridized carbons (Fsp3) is 0.857. The molecule has 0 rings (SSSR count). The molecule has 0 saturated carbocycles. The zero-order valence-electron chi connectivity index (χ0n) is 15.5. The number of unbranched alkanes of at least 4 members (excludes halogenated alkanes) is 16. The fourth-order valence-corrected chi connectivity index (χ4v) is 2.99. The van der Waals surface area contributed by atoms with Gasteiger partial charge in [-0.25, -0.2) is 4.79 Å². The van der Waals surface area contributed by atoms with E-state index in [4.69, 9.17) is 5.11 Å². The number of hydrogen-bond acceptors (Lipinski definition) is 1. The monoisotopic (exact) mass is 324 g/mol. The van der Waals surface area contributed by atoms with Crippen molar-refractivity contribution in [2.75, 3.05) is 0 Å². The van der Waals surface area contributed by atoms with Crippen LogP contribution in [0.15, 0.2) is 12.2 Å². The van der Waals surface area contributed by atoms with Gasteiger partial charge in [-0.1, -0.05) is 109 Å². The van der Waals surface area contributed by atoms with E-state index in [2.05, 4.69) is 6.92 Å². The molecule has 0 spiro atoms. The fourth-order valence-electron chi connectivity index (χ4n) is 2.99. The Labute approximate surface area is 144 Å². The van der Waals surface area contributed by atoms with Gasteiger partial charge in [0.15, 0.2) is 0 Å². The topological polar surface area (TPSA) is 37.3 Å². The van der Waals surface area contributed by atoms with Gasteiger partial charge in [0.2, 0.25) is 0 Å². The first-order valence-corrected chi connectivity index (χ1v) is 10.2. The number of rotatable bonds is 18. The van der Waals surface area contributed by atoms with E-state index in [0.29, 0.717) is 0 Å². The number of allylic oxidation sites excluding steroid dienone is 1. The van der Waals surface area contributed by atoms with E-state index in [0.717, 1.165) is 12.8 Å². The van der Waals surface area contributed by atoms with Crippen molar-refractivity contribution in [2.24, 2.45) is 0 Å². The summed E-state index contributed by atoms with van der Waals surface area (Å²) < 4.78 is 0. The van der Waals surface area contributed by atoms with Crippen molar-refractivity contribution in [3.8, 4) is 0 Å². The Morgan fingerprint density at radius 3 is 1.35 bits per heavy atom. The van der Waals surface area contributed by atoms with Gasteiger partial charge in [0.25, 0.3) is 0 Å². The summed E-state index contributed by atoms with van der Waals surface area (Å²) in [6, 6.07) is 0. The van der Waals surface area contributed by atoms with E-state index < -0.39 is 5.97 Å². The minimum atomic E-state index is -0.832. The lowest BCUT2D eigenvalue weighted by Crippen LogP contribution is -1.86. The maximum atomic E-state index is 10.3. The summed E-state index contributed by atoms with van der Waals surface area (Å²) in [5.74, 6) is -0.832. The lowest BCUT2D eigenvalue weighted by molar-refractivity contribution is -0.131. The second-order valence-electron chi connectivity index (χ2n) is 6.83. The predicted molar refractivity (Wildman–Crippen MR) is 101 cm³/mol. The first-order valence-electron chi connectivity index (χ1n) is 10.2. The molecule has 2 nitrogen and oxygen atoms in total. The lowest BCUT2D eigenvalue weighted by atomic mass is 10.0. The molecule has 0 aliphatic carbocycles. The number of carbonyl (C=O) groups is 1. The SMILES string of the molecule is CCCCCCCCCCCCCCCCCC/C=C/C(=O)O. The van der Waals surface area contributed by atoms with Crippen LogP contribution in [0.5, 0.6) is 0 Å². The molecular weight excluding hydrogens is 284 g/mol. The summed E-state index contributed by atoms with van der Waals surface area (Å²) in [4.78, 5) is 10.3. The largest absolute Gasteiger partial charge is 0.478 e. The summed E-state index contributed by atoms with van der Waals surface area (Å²) in [6.07, 6.45) is 26.0. The molecule has 23 heavy (non-hydrogen) atoms. The van der Waals surface area contributed by atoms with E-state index in [9.17, 15) is 4.79 Å². The molecular formula is C21H40O2. The molecule has 0 aromatic rings. The standard InChI is InChI=1S/C21H40O2/c1-2-3-4-5-6-7-8-9-10-11-12-13-14-15-16-17-18-19-20-21(22)23/h19-20H,2-18H2,1H3,(H,22,23)/b20-19+. The summed E-state index contributed by atoms with van der Waals surface area (Å²) in [5, 5.41) is 8.46. The molecule has 136 valence electrons. The molecule has 0 radical (unpaired) electrons. The highest BCUT2D eigenvalue weighted by Crippen LogP contribution is 2.14. The molecule has 0 aromatic carbocycles. The van der Waals surface area contributed by atoms with Gasteiger partial charge in [-0.05, 0) is 12.8 Å². The Morgan fingerprint density at radius 2 is 1.00 bits per heavy atom. The number of carboxylic acid groups (broad SMARTS) is 1. The van der Waals surface area contributed by atoms with E-state index in [1.54, 1.807) is 6.08 Å². The second kappa shape index (κ2) is 19.3. The molecule has 0 atom stereocenters. The van der Waals surface area contributed by atoms with Crippen LogP contribution in [0.2, 0.25) is 0 Å². The second-order valence-corrected chi connectivity index (χ2v) is 6.83. The van der Waals surface area contributed by atoms with Crippen LogP contribution >= 0.6 is 0 Å². The van der Waals surface area contributed by atoms with Crippen LogP contribution in [0.4, 0.5) is 0 Å². The van der Waals surface area contributed by atoms with E-state index in [1.807, 2.05) is 0 Å². The Hall–Kier alpha value is -0.790. The molecule has 0 unspecified atom stereocenters. The highest BCUT2D eigenvalue weighted by Gasteiger charge is 1.94. The van der Waals surface area contributed by atoms with Crippen molar-refractivity contribution in [1.29, 1.82) is 0 Å². The van der Waals surface area contributed by atoms with E-state index in [-0.39, 0.29) is 0 Å².